The van der Waals surface area contributed by atoms with Crippen LogP contribution in [0.25, 0.3) is 21.6 Å². The molecule has 0 aromatic carbocycles. The van der Waals surface area contributed by atoms with Gasteiger partial charge in [0.15, 0.2) is 0 Å². The maximum absolute atomic E-state index is 5.85. The van der Waals surface area contributed by atoms with Gasteiger partial charge in [-0.1, -0.05) is 0 Å². The molecule has 0 spiro atoms. The average Bonchev–Trinajstić information content (AvgIpc) is 3.26. The summed E-state index contributed by atoms with van der Waals surface area (Å²) in [6.45, 7) is 8.20. The number of anilines is 1. The number of pyridine rings is 1. The SMILES string of the molecule is Cc1ncc(-c2cc3c(N4CCN(COC5COC5)CC4)ccnc3[nH]2)s1. The summed E-state index contributed by atoms with van der Waals surface area (Å²) in [4.78, 5) is 18.3. The summed E-state index contributed by atoms with van der Waals surface area (Å²) < 4.78 is 11.0. The molecule has 0 amide bonds. The van der Waals surface area contributed by atoms with Gasteiger partial charge in [0.25, 0.3) is 0 Å². The van der Waals surface area contributed by atoms with Crippen molar-refractivity contribution in [2.24, 2.45) is 0 Å². The topological polar surface area (TPSA) is 66.5 Å². The summed E-state index contributed by atoms with van der Waals surface area (Å²) in [5.74, 6) is 0. The second kappa shape index (κ2) is 7.20. The first kappa shape index (κ1) is 17.1. The third-order valence-corrected chi connectivity index (χ3v) is 6.15. The third kappa shape index (κ3) is 3.45. The van der Waals surface area contributed by atoms with Crippen molar-refractivity contribution < 1.29 is 9.47 Å². The first-order chi connectivity index (χ1) is 13.3. The van der Waals surface area contributed by atoms with Crippen LogP contribution in [0.1, 0.15) is 5.01 Å². The Morgan fingerprint density at radius 1 is 1.26 bits per heavy atom. The van der Waals surface area contributed by atoms with E-state index in [-0.39, 0.29) is 6.10 Å². The zero-order chi connectivity index (χ0) is 18.2. The van der Waals surface area contributed by atoms with E-state index >= 15 is 0 Å². The molecule has 0 bridgehead atoms. The lowest BCUT2D eigenvalue weighted by Gasteiger charge is -2.37. The Morgan fingerprint density at radius 3 is 2.81 bits per heavy atom. The highest BCUT2D eigenvalue weighted by atomic mass is 32.1. The van der Waals surface area contributed by atoms with E-state index in [1.165, 1.54) is 11.1 Å². The van der Waals surface area contributed by atoms with E-state index in [0.29, 0.717) is 6.73 Å². The fraction of sp³-hybridized carbons (Fsp3) is 0.474. The molecule has 0 atom stereocenters. The Bertz CT molecular complexity index is 927. The third-order valence-electron chi connectivity index (χ3n) is 5.21. The molecule has 27 heavy (non-hydrogen) atoms. The van der Waals surface area contributed by atoms with Gasteiger partial charge in [-0.15, -0.1) is 11.3 Å². The molecule has 3 aromatic rings. The zero-order valence-corrected chi connectivity index (χ0v) is 16.2. The summed E-state index contributed by atoms with van der Waals surface area (Å²) in [5.41, 5.74) is 3.27. The lowest BCUT2D eigenvalue weighted by atomic mass is 10.2. The minimum atomic E-state index is 0.288. The summed E-state index contributed by atoms with van der Waals surface area (Å²) in [6.07, 6.45) is 4.11. The molecule has 0 aliphatic carbocycles. The molecule has 1 N–H and O–H groups in total. The molecule has 2 saturated heterocycles. The van der Waals surface area contributed by atoms with Crippen LogP contribution >= 0.6 is 11.3 Å². The summed E-state index contributed by atoms with van der Waals surface area (Å²) in [5, 5.41) is 2.25. The van der Waals surface area contributed by atoms with Crippen molar-refractivity contribution in [3.8, 4) is 10.6 Å². The maximum Gasteiger partial charge on any atom is 0.139 e. The predicted molar refractivity (Wildman–Crippen MR) is 106 cm³/mol. The highest BCUT2D eigenvalue weighted by Crippen LogP contribution is 2.32. The first-order valence-corrected chi connectivity index (χ1v) is 10.1. The van der Waals surface area contributed by atoms with Gasteiger partial charge < -0.3 is 19.4 Å². The van der Waals surface area contributed by atoms with Crippen molar-refractivity contribution in [2.45, 2.75) is 13.0 Å². The molecule has 3 aromatic heterocycles. The Kier molecular flexibility index (Phi) is 4.56. The molecule has 0 unspecified atom stereocenters. The standard InChI is InChI=1S/C19H23N5O2S/c1-13-21-9-18(27-13)16-8-15-17(2-3-20-19(15)22-16)24-6-4-23(5-7-24)12-26-14-10-25-11-14/h2-3,8-9,14H,4-7,10-12H2,1H3,(H,20,22). The second-order valence-electron chi connectivity index (χ2n) is 7.08. The van der Waals surface area contributed by atoms with Crippen molar-refractivity contribution in [1.29, 1.82) is 0 Å². The number of aromatic amines is 1. The minimum absolute atomic E-state index is 0.288. The molecule has 2 fully saturated rings. The van der Waals surface area contributed by atoms with E-state index in [0.717, 1.165) is 60.6 Å². The molecule has 0 saturated carbocycles. The highest BCUT2D eigenvalue weighted by molar-refractivity contribution is 7.15. The fourth-order valence-electron chi connectivity index (χ4n) is 3.55. The van der Waals surface area contributed by atoms with Crippen LogP contribution in [-0.2, 0) is 9.47 Å². The van der Waals surface area contributed by atoms with Gasteiger partial charge in [-0.05, 0) is 19.1 Å². The van der Waals surface area contributed by atoms with Crippen molar-refractivity contribution in [1.82, 2.24) is 19.9 Å². The largest absolute Gasteiger partial charge is 0.376 e. The number of nitrogens with zero attached hydrogens (tertiary/aromatic N) is 4. The first-order valence-electron chi connectivity index (χ1n) is 9.33. The van der Waals surface area contributed by atoms with Gasteiger partial charge in [-0.25, -0.2) is 9.97 Å². The molecule has 0 radical (unpaired) electrons. The summed E-state index contributed by atoms with van der Waals surface area (Å²) in [7, 11) is 0. The maximum atomic E-state index is 5.85. The van der Waals surface area contributed by atoms with Crippen molar-refractivity contribution in [2.75, 3.05) is 51.0 Å². The van der Waals surface area contributed by atoms with Crippen LogP contribution in [0.4, 0.5) is 5.69 Å². The van der Waals surface area contributed by atoms with Crippen LogP contribution in [0, 0.1) is 6.92 Å². The van der Waals surface area contributed by atoms with E-state index in [1.54, 1.807) is 11.3 Å². The van der Waals surface area contributed by atoms with Gasteiger partial charge >= 0.3 is 0 Å². The van der Waals surface area contributed by atoms with E-state index in [9.17, 15) is 0 Å². The number of ether oxygens (including phenoxy) is 2. The van der Waals surface area contributed by atoms with Crippen LogP contribution in [-0.4, -0.2) is 72.1 Å². The molecule has 5 heterocycles. The Balaban J connectivity index is 1.30. The lowest BCUT2D eigenvalue weighted by molar-refractivity contribution is -0.152. The number of fused-ring (bicyclic) bond motifs is 1. The van der Waals surface area contributed by atoms with E-state index in [4.69, 9.17) is 9.47 Å². The van der Waals surface area contributed by atoms with Crippen molar-refractivity contribution in [3.63, 3.8) is 0 Å². The van der Waals surface area contributed by atoms with Crippen LogP contribution in [0.5, 0.6) is 0 Å². The number of hydrogen-bond donors (Lipinski definition) is 1. The number of piperazine rings is 1. The summed E-state index contributed by atoms with van der Waals surface area (Å²) >= 11 is 1.70. The van der Waals surface area contributed by atoms with Gasteiger partial charge in [0.1, 0.15) is 11.8 Å². The quantitative estimate of drug-likeness (QED) is 0.728. The minimum Gasteiger partial charge on any atom is -0.376 e. The number of aryl methyl sites for hydroxylation is 1. The van der Waals surface area contributed by atoms with E-state index in [2.05, 4.69) is 36.9 Å². The molecule has 2 aliphatic rings. The van der Waals surface area contributed by atoms with Gasteiger partial charge in [0.05, 0.1) is 35.5 Å². The van der Waals surface area contributed by atoms with Crippen LogP contribution in [0.15, 0.2) is 24.5 Å². The monoisotopic (exact) mass is 385 g/mol. The molecule has 5 rings (SSSR count). The molecular weight excluding hydrogens is 362 g/mol. The highest BCUT2D eigenvalue weighted by Gasteiger charge is 2.23. The molecule has 8 heteroatoms. The van der Waals surface area contributed by atoms with Crippen LogP contribution < -0.4 is 4.90 Å². The van der Waals surface area contributed by atoms with Crippen molar-refractivity contribution >= 4 is 28.1 Å². The average molecular weight is 385 g/mol. The Morgan fingerprint density at radius 2 is 2.11 bits per heavy atom. The zero-order valence-electron chi connectivity index (χ0n) is 15.4. The summed E-state index contributed by atoms with van der Waals surface area (Å²) in [6, 6.07) is 4.33. The van der Waals surface area contributed by atoms with Crippen LogP contribution in [0.3, 0.4) is 0 Å². The molecular formula is C19H23N5O2S. The normalized spacial score (nSPS) is 18.9. The van der Waals surface area contributed by atoms with Crippen LogP contribution in [0.2, 0.25) is 0 Å². The van der Waals surface area contributed by atoms with Gasteiger partial charge in [0, 0.05) is 49.6 Å². The van der Waals surface area contributed by atoms with Crippen molar-refractivity contribution in [3.05, 3.63) is 29.5 Å². The number of rotatable bonds is 5. The Labute approximate surface area is 161 Å². The Hall–Kier alpha value is -2.00. The van der Waals surface area contributed by atoms with Gasteiger partial charge in [-0.3, -0.25) is 4.90 Å². The van der Waals surface area contributed by atoms with E-state index < -0.39 is 0 Å². The van der Waals surface area contributed by atoms with E-state index in [1.807, 2.05) is 19.3 Å². The van der Waals surface area contributed by atoms with Gasteiger partial charge in [-0.2, -0.15) is 0 Å². The number of aromatic nitrogens is 3. The lowest BCUT2D eigenvalue weighted by Crippen LogP contribution is -2.48. The smallest absolute Gasteiger partial charge is 0.139 e. The number of thiazole rings is 1. The predicted octanol–water partition coefficient (Wildman–Crippen LogP) is 2.49. The number of hydrogen-bond acceptors (Lipinski definition) is 7. The number of H-pyrrole nitrogens is 1. The molecule has 7 nitrogen and oxygen atoms in total. The molecule has 2 aliphatic heterocycles. The molecule has 142 valence electrons. The number of nitrogens with one attached hydrogen (secondary N) is 1. The fourth-order valence-corrected chi connectivity index (χ4v) is 4.30. The van der Waals surface area contributed by atoms with Gasteiger partial charge in [0.2, 0.25) is 0 Å². The second-order valence-corrected chi connectivity index (χ2v) is 8.31.